The van der Waals surface area contributed by atoms with Gasteiger partial charge in [-0.2, -0.15) is 0 Å². The van der Waals surface area contributed by atoms with E-state index < -0.39 is 5.97 Å². The van der Waals surface area contributed by atoms with E-state index in [9.17, 15) is 14.7 Å². The maximum atomic E-state index is 12.6. The number of aryl methyl sites for hydroxylation is 1. The summed E-state index contributed by atoms with van der Waals surface area (Å²) in [6, 6.07) is 15.1. The van der Waals surface area contributed by atoms with Gasteiger partial charge in [0, 0.05) is 16.5 Å². The van der Waals surface area contributed by atoms with E-state index in [1.54, 1.807) is 17.5 Å². The van der Waals surface area contributed by atoms with Crippen LogP contribution in [0.25, 0.3) is 11.1 Å². The van der Waals surface area contributed by atoms with Crippen molar-refractivity contribution in [2.75, 3.05) is 5.32 Å². The Morgan fingerprint density at radius 2 is 1.70 bits per heavy atom. The van der Waals surface area contributed by atoms with E-state index >= 15 is 0 Å². The highest BCUT2D eigenvalue weighted by molar-refractivity contribution is 7.15. The molecule has 0 atom stereocenters. The molecular formula is C22H21NO3S. The highest BCUT2D eigenvalue weighted by Crippen LogP contribution is 2.36. The zero-order valence-electron chi connectivity index (χ0n) is 15.4. The van der Waals surface area contributed by atoms with Gasteiger partial charge in [0.15, 0.2) is 0 Å². The lowest BCUT2D eigenvalue weighted by molar-refractivity contribution is 0.0699. The molecule has 5 heteroatoms. The molecule has 0 unspecified atom stereocenters. The van der Waals surface area contributed by atoms with Crippen LogP contribution in [0.3, 0.4) is 0 Å². The average Bonchev–Trinajstić information content (AvgIpc) is 3.05. The number of carbonyl (C=O) groups is 2. The first kappa shape index (κ1) is 18.9. The number of nitrogens with one attached hydrogen (secondary N) is 1. The van der Waals surface area contributed by atoms with Gasteiger partial charge >= 0.3 is 5.97 Å². The van der Waals surface area contributed by atoms with Crippen LogP contribution < -0.4 is 5.32 Å². The number of carboxylic acid groups (broad SMARTS) is 1. The highest BCUT2D eigenvalue weighted by atomic mass is 32.1. The molecule has 27 heavy (non-hydrogen) atoms. The minimum absolute atomic E-state index is 0.124. The zero-order chi connectivity index (χ0) is 19.6. The minimum Gasteiger partial charge on any atom is -0.478 e. The Bertz CT molecular complexity index is 987. The van der Waals surface area contributed by atoms with Crippen molar-refractivity contribution in [3.05, 3.63) is 76.2 Å². The molecule has 1 heterocycles. The van der Waals surface area contributed by atoms with Crippen LogP contribution in [0.2, 0.25) is 0 Å². The number of carbonyl (C=O) groups excluding carboxylic acids is 1. The highest BCUT2D eigenvalue weighted by Gasteiger charge is 2.22. The molecule has 0 saturated heterocycles. The van der Waals surface area contributed by atoms with Crippen LogP contribution in [0.5, 0.6) is 0 Å². The molecule has 0 aliphatic heterocycles. The fourth-order valence-electron chi connectivity index (χ4n) is 2.92. The molecule has 3 rings (SSSR count). The van der Waals surface area contributed by atoms with E-state index in [1.165, 1.54) is 16.9 Å². The summed E-state index contributed by atoms with van der Waals surface area (Å²) in [4.78, 5) is 24.5. The fraction of sp³-hybridized carbons (Fsp3) is 0.182. The van der Waals surface area contributed by atoms with Gasteiger partial charge in [-0.15, -0.1) is 11.3 Å². The predicted molar refractivity (Wildman–Crippen MR) is 110 cm³/mol. The third-order valence-corrected chi connectivity index (χ3v) is 5.41. The van der Waals surface area contributed by atoms with E-state index in [0.29, 0.717) is 22.0 Å². The first-order valence-corrected chi connectivity index (χ1v) is 9.58. The van der Waals surface area contributed by atoms with Crippen LogP contribution >= 0.6 is 11.3 Å². The second kappa shape index (κ2) is 7.76. The van der Waals surface area contributed by atoms with Gasteiger partial charge in [-0.3, -0.25) is 4.79 Å². The van der Waals surface area contributed by atoms with Crippen molar-refractivity contribution < 1.29 is 14.7 Å². The van der Waals surface area contributed by atoms with Crippen molar-refractivity contribution in [3.63, 3.8) is 0 Å². The largest absolute Gasteiger partial charge is 0.478 e. The molecule has 1 aromatic heterocycles. The second-order valence-corrected chi connectivity index (χ2v) is 7.58. The van der Waals surface area contributed by atoms with E-state index in [2.05, 4.69) is 19.2 Å². The Hall–Kier alpha value is -2.92. The molecule has 2 aromatic carbocycles. The summed E-state index contributed by atoms with van der Waals surface area (Å²) >= 11 is 1.23. The number of hydrogen-bond donors (Lipinski definition) is 2. The SMILES string of the molecule is Cc1ccccc1C(=O)Nc1scc(-c2ccc(C(C)C)cc2)c1C(=O)O. The summed E-state index contributed by atoms with van der Waals surface area (Å²) in [6.07, 6.45) is 0. The number of aromatic carboxylic acids is 1. The number of amides is 1. The molecule has 3 aromatic rings. The average molecular weight is 379 g/mol. The van der Waals surface area contributed by atoms with Crippen LogP contribution in [-0.2, 0) is 0 Å². The minimum atomic E-state index is -1.06. The quantitative estimate of drug-likeness (QED) is 0.589. The molecule has 0 saturated carbocycles. The van der Waals surface area contributed by atoms with Crippen molar-refractivity contribution in [2.24, 2.45) is 0 Å². The van der Waals surface area contributed by atoms with Crippen LogP contribution in [0.1, 0.15) is 51.6 Å². The Kier molecular flexibility index (Phi) is 5.42. The normalized spacial score (nSPS) is 10.8. The molecule has 4 nitrogen and oxygen atoms in total. The topological polar surface area (TPSA) is 66.4 Å². The smallest absolute Gasteiger partial charge is 0.339 e. The number of hydrogen-bond acceptors (Lipinski definition) is 3. The Labute approximate surface area is 162 Å². The molecule has 0 radical (unpaired) electrons. The Morgan fingerprint density at radius 1 is 1.04 bits per heavy atom. The number of benzene rings is 2. The zero-order valence-corrected chi connectivity index (χ0v) is 16.3. The fourth-order valence-corrected chi connectivity index (χ4v) is 3.88. The van der Waals surface area contributed by atoms with Crippen molar-refractivity contribution in [1.29, 1.82) is 0 Å². The number of rotatable bonds is 5. The monoisotopic (exact) mass is 379 g/mol. The van der Waals surface area contributed by atoms with Crippen LogP contribution in [0.4, 0.5) is 5.00 Å². The third-order valence-electron chi connectivity index (χ3n) is 4.51. The summed E-state index contributed by atoms with van der Waals surface area (Å²) in [5, 5.41) is 14.6. The van der Waals surface area contributed by atoms with Gasteiger partial charge in [0.25, 0.3) is 5.91 Å². The summed E-state index contributed by atoms with van der Waals surface area (Å²) in [6.45, 7) is 6.08. The molecule has 0 aliphatic rings. The summed E-state index contributed by atoms with van der Waals surface area (Å²) in [7, 11) is 0. The molecule has 0 aliphatic carbocycles. The van der Waals surface area contributed by atoms with Gasteiger partial charge in [0.2, 0.25) is 0 Å². The van der Waals surface area contributed by atoms with Gasteiger partial charge < -0.3 is 10.4 Å². The van der Waals surface area contributed by atoms with E-state index in [0.717, 1.165) is 11.1 Å². The standard InChI is InChI=1S/C22H21NO3S/c1-13(2)15-8-10-16(11-9-15)18-12-27-21(19(18)22(25)26)23-20(24)17-7-5-4-6-14(17)3/h4-13H,1-3H3,(H,23,24)(H,25,26). The summed E-state index contributed by atoms with van der Waals surface area (Å²) in [5.74, 6) is -0.956. The van der Waals surface area contributed by atoms with E-state index in [-0.39, 0.29) is 11.5 Å². The van der Waals surface area contributed by atoms with Crippen LogP contribution in [0.15, 0.2) is 53.9 Å². The number of anilines is 1. The van der Waals surface area contributed by atoms with Crippen molar-refractivity contribution >= 4 is 28.2 Å². The molecule has 0 spiro atoms. The van der Waals surface area contributed by atoms with Crippen LogP contribution in [-0.4, -0.2) is 17.0 Å². The van der Waals surface area contributed by atoms with Gasteiger partial charge in [0.05, 0.1) is 0 Å². The number of thiophene rings is 1. The van der Waals surface area contributed by atoms with Gasteiger partial charge in [-0.05, 0) is 35.6 Å². The number of carboxylic acids is 1. The molecule has 1 amide bonds. The molecule has 0 bridgehead atoms. The lowest BCUT2D eigenvalue weighted by Gasteiger charge is -2.09. The Morgan fingerprint density at radius 3 is 2.30 bits per heavy atom. The predicted octanol–water partition coefficient (Wildman–Crippen LogP) is 5.80. The lowest BCUT2D eigenvalue weighted by Crippen LogP contribution is -2.14. The third kappa shape index (κ3) is 3.93. The van der Waals surface area contributed by atoms with Crippen molar-refractivity contribution in [1.82, 2.24) is 0 Å². The maximum Gasteiger partial charge on any atom is 0.339 e. The van der Waals surface area contributed by atoms with Gasteiger partial charge in [0.1, 0.15) is 10.6 Å². The van der Waals surface area contributed by atoms with E-state index in [4.69, 9.17) is 0 Å². The first-order chi connectivity index (χ1) is 12.9. The first-order valence-electron chi connectivity index (χ1n) is 8.70. The second-order valence-electron chi connectivity index (χ2n) is 6.70. The van der Waals surface area contributed by atoms with Gasteiger partial charge in [-0.25, -0.2) is 4.79 Å². The Balaban J connectivity index is 1.95. The van der Waals surface area contributed by atoms with Gasteiger partial charge in [-0.1, -0.05) is 56.3 Å². The summed E-state index contributed by atoms with van der Waals surface area (Å²) < 4.78 is 0. The van der Waals surface area contributed by atoms with Crippen LogP contribution in [0, 0.1) is 6.92 Å². The van der Waals surface area contributed by atoms with Crippen molar-refractivity contribution in [3.8, 4) is 11.1 Å². The van der Waals surface area contributed by atoms with E-state index in [1.807, 2.05) is 43.3 Å². The molecule has 0 fully saturated rings. The summed E-state index contributed by atoms with van der Waals surface area (Å²) in [5.41, 5.74) is 4.13. The van der Waals surface area contributed by atoms with Crippen molar-refractivity contribution in [2.45, 2.75) is 26.7 Å². The molecular weight excluding hydrogens is 358 g/mol. The molecule has 2 N–H and O–H groups in total. The maximum absolute atomic E-state index is 12.6. The molecule has 138 valence electrons. The lowest BCUT2D eigenvalue weighted by atomic mass is 9.98.